The van der Waals surface area contributed by atoms with Gasteiger partial charge in [-0.2, -0.15) is 11.3 Å². The largest absolute Gasteiger partial charge is 0.356 e. The lowest BCUT2D eigenvalue weighted by Gasteiger charge is -2.32. The molecule has 0 radical (unpaired) electrons. The molecule has 0 saturated carbocycles. The molecule has 0 aliphatic carbocycles. The van der Waals surface area contributed by atoms with Crippen molar-refractivity contribution in [1.29, 1.82) is 0 Å². The van der Waals surface area contributed by atoms with Crippen LogP contribution in [0.2, 0.25) is 5.02 Å². The molecule has 0 bridgehead atoms. The molecule has 0 unspecified atom stereocenters. The van der Waals surface area contributed by atoms with Gasteiger partial charge in [-0.25, -0.2) is 0 Å². The van der Waals surface area contributed by atoms with E-state index in [0.29, 0.717) is 5.92 Å². The number of piperidine rings is 1. The highest BCUT2D eigenvalue weighted by Gasteiger charge is 2.20. The monoisotopic (exact) mass is 390 g/mol. The summed E-state index contributed by atoms with van der Waals surface area (Å²) in [4.78, 5) is 6.83. The SMILES string of the molecule is CN=C(NCc1ccsc1)NCC1CCN(Cc2ccccc2Cl)CC1. The van der Waals surface area contributed by atoms with E-state index in [1.165, 1.54) is 24.0 Å². The van der Waals surface area contributed by atoms with Gasteiger partial charge in [-0.1, -0.05) is 29.8 Å². The Morgan fingerprint density at radius 3 is 2.73 bits per heavy atom. The number of benzene rings is 1. The van der Waals surface area contributed by atoms with Crippen LogP contribution < -0.4 is 10.6 Å². The maximum Gasteiger partial charge on any atom is 0.191 e. The smallest absolute Gasteiger partial charge is 0.191 e. The van der Waals surface area contributed by atoms with Crippen LogP contribution in [0.4, 0.5) is 0 Å². The number of nitrogens with one attached hydrogen (secondary N) is 2. The third-order valence-electron chi connectivity index (χ3n) is 4.88. The minimum Gasteiger partial charge on any atom is -0.356 e. The van der Waals surface area contributed by atoms with Crippen molar-refractivity contribution in [2.45, 2.75) is 25.9 Å². The number of nitrogens with zero attached hydrogens (tertiary/aromatic N) is 2. The Hall–Kier alpha value is -1.56. The Kier molecular flexibility index (Phi) is 7.35. The van der Waals surface area contributed by atoms with E-state index < -0.39 is 0 Å². The summed E-state index contributed by atoms with van der Waals surface area (Å²) in [7, 11) is 1.83. The Morgan fingerprint density at radius 2 is 2.04 bits per heavy atom. The highest BCUT2D eigenvalue weighted by Crippen LogP contribution is 2.21. The molecule has 0 atom stereocenters. The maximum atomic E-state index is 6.28. The standard InChI is InChI=1S/C20H27ClN4S/c1-22-20(24-13-17-8-11-26-15-17)23-12-16-6-9-25(10-7-16)14-18-4-2-3-5-19(18)21/h2-5,8,11,15-16H,6-7,9-10,12-14H2,1H3,(H2,22,23,24). The number of hydrogen-bond donors (Lipinski definition) is 2. The molecule has 140 valence electrons. The molecule has 2 aromatic rings. The Morgan fingerprint density at radius 1 is 1.23 bits per heavy atom. The van der Waals surface area contributed by atoms with Crippen LogP contribution in [-0.4, -0.2) is 37.5 Å². The Balaban J connectivity index is 1.37. The fraction of sp³-hybridized carbons (Fsp3) is 0.450. The Bertz CT molecular complexity index is 694. The van der Waals surface area contributed by atoms with Gasteiger partial charge in [0.05, 0.1) is 0 Å². The first-order valence-electron chi connectivity index (χ1n) is 9.16. The van der Waals surface area contributed by atoms with E-state index in [1.54, 1.807) is 11.3 Å². The summed E-state index contributed by atoms with van der Waals surface area (Å²) in [6.07, 6.45) is 2.41. The van der Waals surface area contributed by atoms with E-state index in [2.05, 4.69) is 49.5 Å². The van der Waals surface area contributed by atoms with Gasteiger partial charge in [-0.3, -0.25) is 9.89 Å². The topological polar surface area (TPSA) is 39.7 Å². The van der Waals surface area contributed by atoms with Gasteiger partial charge in [0.25, 0.3) is 0 Å². The minimum atomic E-state index is 0.692. The lowest BCUT2D eigenvalue weighted by Crippen LogP contribution is -2.42. The molecule has 1 aromatic carbocycles. The molecule has 3 rings (SSSR count). The van der Waals surface area contributed by atoms with Crippen molar-refractivity contribution in [2.24, 2.45) is 10.9 Å². The Labute approximate surface area is 165 Å². The summed E-state index contributed by atoms with van der Waals surface area (Å²) in [5.41, 5.74) is 2.52. The van der Waals surface area contributed by atoms with Crippen LogP contribution in [-0.2, 0) is 13.1 Å². The molecule has 6 heteroatoms. The number of aliphatic imine (C=N–C) groups is 1. The van der Waals surface area contributed by atoms with E-state index in [4.69, 9.17) is 11.6 Å². The van der Waals surface area contributed by atoms with E-state index in [9.17, 15) is 0 Å². The summed E-state index contributed by atoms with van der Waals surface area (Å²) < 4.78 is 0. The lowest BCUT2D eigenvalue weighted by molar-refractivity contribution is 0.178. The van der Waals surface area contributed by atoms with E-state index >= 15 is 0 Å². The van der Waals surface area contributed by atoms with Gasteiger partial charge < -0.3 is 10.6 Å². The summed E-state index contributed by atoms with van der Waals surface area (Å²) >= 11 is 8.01. The van der Waals surface area contributed by atoms with Crippen molar-refractivity contribution in [2.75, 3.05) is 26.7 Å². The van der Waals surface area contributed by atoms with Crippen LogP contribution in [0.5, 0.6) is 0 Å². The second kappa shape index (κ2) is 9.95. The van der Waals surface area contributed by atoms with Crippen molar-refractivity contribution in [1.82, 2.24) is 15.5 Å². The predicted molar refractivity (Wildman–Crippen MR) is 112 cm³/mol. The summed E-state index contributed by atoms with van der Waals surface area (Å²) in [5, 5.41) is 12.0. The van der Waals surface area contributed by atoms with Gasteiger partial charge in [-0.05, 0) is 65.9 Å². The third-order valence-corrected chi connectivity index (χ3v) is 5.98. The molecule has 2 N–H and O–H groups in total. The lowest BCUT2D eigenvalue weighted by atomic mass is 9.96. The van der Waals surface area contributed by atoms with Gasteiger partial charge in [0.15, 0.2) is 5.96 Å². The summed E-state index contributed by atoms with van der Waals surface area (Å²) in [5.74, 6) is 1.58. The van der Waals surface area contributed by atoms with Crippen LogP contribution in [0.25, 0.3) is 0 Å². The molecule has 1 aliphatic rings. The normalized spacial score (nSPS) is 16.6. The molecule has 2 heterocycles. The summed E-state index contributed by atoms with van der Waals surface area (Å²) in [6, 6.07) is 10.3. The molecular weight excluding hydrogens is 364 g/mol. The van der Waals surface area contributed by atoms with E-state index in [-0.39, 0.29) is 0 Å². The number of thiophene rings is 1. The molecule has 1 fully saturated rings. The second-order valence-corrected chi connectivity index (χ2v) is 7.94. The average molecular weight is 391 g/mol. The molecular formula is C20H27ClN4S. The first-order valence-corrected chi connectivity index (χ1v) is 10.5. The zero-order chi connectivity index (χ0) is 18.2. The van der Waals surface area contributed by atoms with Gasteiger partial charge in [0.2, 0.25) is 0 Å². The number of rotatable bonds is 6. The first-order chi connectivity index (χ1) is 12.7. The van der Waals surface area contributed by atoms with Crippen molar-refractivity contribution in [3.05, 3.63) is 57.2 Å². The van der Waals surface area contributed by atoms with Crippen molar-refractivity contribution in [3.63, 3.8) is 0 Å². The fourth-order valence-electron chi connectivity index (χ4n) is 3.26. The fourth-order valence-corrected chi connectivity index (χ4v) is 4.12. The van der Waals surface area contributed by atoms with Crippen molar-refractivity contribution >= 4 is 28.9 Å². The van der Waals surface area contributed by atoms with E-state index in [1.807, 2.05) is 19.2 Å². The molecule has 0 amide bonds. The maximum absolute atomic E-state index is 6.28. The quantitative estimate of drug-likeness (QED) is 0.579. The molecule has 1 aliphatic heterocycles. The first kappa shape index (κ1) is 19.2. The van der Waals surface area contributed by atoms with Crippen molar-refractivity contribution in [3.8, 4) is 0 Å². The number of likely N-dealkylation sites (tertiary alicyclic amines) is 1. The predicted octanol–water partition coefficient (Wildman–Crippen LogP) is 3.98. The molecule has 26 heavy (non-hydrogen) atoms. The highest BCUT2D eigenvalue weighted by atomic mass is 35.5. The van der Waals surface area contributed by atoms with Crippen LogP contribution in [0.15, 0.2) is 46.1 Å². The molecule has 1 aromatic heterocycles. The summed E-state index contributed by atoms with van der Waals surface area (Å²) in [6.45, 7) is 4.99. The van der Waals surface area contributed by atoms with Crippen molar-refractivity contribution < 1.29 is 0 Å². The number of guanidine groups is 1. The zero-order valence-electron chi connectivity index (χ0n) is 15.2. The third kappa shape index (κ3) is 5.73. The van der Waals surface area contributed by atoms with Gasteiger partial charge in [-0.15, -0.1) is 0 Å². The highest BCUT2D eigenvalue weighted by molar-refractivity contribution is 7.07. The van der Waals surface area contributed by atoms with Crippen LogP contribution in [0.1, 0.15) is 24.0 Å². The van der Waals surface area contributed by atoms with Crippen LogP contribution >= 0.6 is 22.9 Å². The minimum absolute atomic E-state index is 0.692. The van der Waals surface area contributed by atoms with Gasteiger partial charge >= 0.3 is 0 Å². The number of halogens is 1. The van der Waals surface area contributed by atoms with Gasteiger partial charge in [0.1, 0.15) is 0 Å². The van der Waals surface area contributed by atoms with E-state index in [0.717, 1.165) is 43.7 Å². The van der Waals surface area contributed by atoms with Crippen LogP contribution in [0, 0.1) is 5.92 Å². The molecule has 1 saturated heterocycles. The zero-order valence-corrected chi connectivity index (χ0v) is 16.8. The second-order valence-electron chi connectivity index (χ2n) is 6.75. The average Bonchev–Trinajstić information content (AvgIpc) is 3.18. The molecule has 0 spiro atoms. The number of hydrogen-bond acceptors (Lipinski definition) is 3. The van der Waals surface area contributed by atoms with Crippen LogP contribution in [0.3, 0.4) is 0 Å². The van der Waals surface area contributed by atoms with Gasteiger partial charge in [0, 0.05) is 31.7 Å². The molecule has 4 nitrogen and oxygen atoms in total.